The van der Waals surface area contributed by atoms with Gasteiger partial charge in [0.05, 0.1) is 13.0 Å². The third kappa shape index (κ3) is 7.12. The van der Waals surface area contributed by atoms with Crippen LogP contribution < -0.4 is 0 Å². The molecule has 1 saturated heterocycles. The Hall–Kier alpha value is -3.44. The number of aromatic nitrogens is 1. The number of hydrogen-bond donors (Lipinski definition) is 0. The minimum Gasteiger partial charge on any atom is -0.466 e. The van der Waals surface area contributed by atoms with E-state index in [9.17, 15) is 31.1 Å². The van der Waals surface area contributed by atoms with Gasteiger partial charge in [-0.15, -0.1) is 0 Å². The van der Waals surface area contributed by atoms with Gasteiger partial charge in [0.25, 0.3) is 0 Å². The molecule has 226 valence electrons. The van der Waals surface area contributed by atoms with E-state index in [1.807, 2.05) is 24.3 Å². The maximum atomic E-state index is 13.4. The highest BCUT2D eigenvalue weighted by atomic mass is 19.4. The minimum atomic E-state index is -5.49. The Morgan fingerprint density at radius 2 is 1.38 bits per heavy atom. The Balaban J connectivity index is 1.43. The molecular weight excluding hydrogens is 560 g/mol. The monoisotopic (exact) mass is 593 g/mol. The molecule has 1 aromatic heterocycles. The number of ether oxygens (including phenoxy) is 1. The summed E-state index contributed by atoms with van der Waals surface area (Å²) in [7, 11) is 0. The van der Waals surface area contributed by atoms with Crippen LogP contribution in [0.25, 0.3) is 11.1 Å². The topological polar surface area (TPSA) is 45.7 Å². The smallest absolute Gasteiger partial charge is 0.406 e. The Bertz CT molecular complexity index is 1300. The first-order chi connectivity index (χ1) is 19.8. The zero-order chi connectivity index (χ0) is 30.5. The Kier molecular flexibility index (Phi) is 9.62. The normalized spacial score (nSPS) is 17.3. The van der Waals surface area contributed by atoms with Gasteiger partial charge < -0.3 is 4.74 Å². The number of carbonyl (C=O) groups is 1. The van der Waals surface area contributed by atoms with E-state index in [0.29, 0.717) is 37.4 Å². The highest BCUT2D eigenvalue weighted by molar-refractivity contribution is 5.70. The van der Waals surface area contributed by atoms with Crippen molar-refractivity contribution >= 4 is 5.97 Å². The quantitative estimate of drug-likeness (QED) is 0.203. The Morgan fingerprint density at radius 1 is 0.833 bits per heavy atom. The molecule has 0 radical (unpaired) electrons. The van der Waals surface area contributed by atoms with Gasteiger partial charge >= 0.3 is 18.3 Å². The molecule has 4 rings (SSSR count). The molecule has 0 N–H and O–H groups in total. The SMILES string of the molecule is CCOC(=O)C[C@H]1CN(Cc2ccc(-c3ccc(C(C)(C(F)(F)F)C(F)(F)F)cc3)cc2)CCN1Cc1ccncc1. The highest BCUT2D eigenvalue weighted by Crippen LogP contribution is 2.51. The zero-order valence-electron chi connectivity index (χ0n) is 23.4. The molecule has 1 atom stereocenters. The summed E-state index contributed by atoms with van der Waals surface area (Å²) in [6, 6.07) is 15.6. The fourth-order valence-electron chi connectivity index (χ4n) is 5.18. The van der Waals surface area contributed by atoms with Crippen molar-refractivity contribution in [2.45, 2.75) is 57.2 Å². The van der Waals surface area contributed by atoms with Crippen LogP contribution in [0.1, 0.15) is 37.0 Å². The van der Waals surface area contributed by atoms with E-state index in [0.717, 1.165) is 36.3 Å². The van der Waals surface area contributed by atoms with Crippen LogP contribution >= 0.6 is 0 Å². The van der Waals surface area contributed by atoms with Crippen molar-refractivity contribution in [1.82, 2.24) is 14.8 Å². The third-order valence-corrected chi connectivity index (χ3v) is 7.82. The van der Waals surface area contributed by atoms with Crippen LogP contribution in [0.3, 0.4) is 0 Å². The van der Waals surface area contributed by atoms with E-state index in [4.69, 9.17) is 4.74 Å². The molecule has 11 heteroatoms. The lowest BCUT2D eigenvalue weighted by atomic mass is 9.80. The summed E-state index contributed by atoms with van der Waals surface area (Å²) >= 11 is 0. The molecule has 2 heterocycles. The second kappa shape index (κ2) is 12.8. The first-order valence-corrected chi connectivity index (χ1v) is 13.7. The van der Waals surface area contributed by atoms with Crippen molar-refractivity contribution in [1.29, 1.82) is 0 Å². The number of benzene rings is 2. The molecule has 0 bridgehead atoms. The lowest BCUT2D eigenvalue weighted by Crippen LogP contribution is -2.53. The van der Waals surface area contributed by atoms with Crippen molar-refractivity contribution < 1.29 is 35.9 Å². The molecule has 3 aromatic rings. The van der Waals surface area contributed by atoms with E-state index in [1.165, 1.54) is 12.1 Å². The summed E-state index contributed by atoms with van der Waals surface area (Å²) < 4.78 is 85.8. The predicted octanol–water partition coefficient (Wildman–Crippen LogP) is 6.77. The fourth-order valence-corrected chi connectivity index (χ4v) is 5.18. The molecular formula is C31H33F6N3O2. The molecule has 0 unspecified atom stereocenters. The molecule has 2 aromatic carbocycles. The van der Waals surface area contributed by atoms with Gasteiger partial charge in [-0.05, 0) is 53.8 Å². The number of rotatable bonds is 9. The molecule has 1 aliphatic heterocycles. The van der Waals surface area contributed by atoms with Gasteiger partial charge in [0, 0.05) is 51.2 Å². The third-order valence-electron chi connectivity index (χ3n) is 7.82. The van der Waals surface area contributed by atoms with Gasteiger partial charge in [0.2, 0.25) is 0 Å². The van der Waals surface area contributed by atoms with Gasteiger partial charge in [0.1, 0.15) is 0 Å². The van der Waals surface area contributed by atoms with Gasteiger partial charge in [-0.3, -0.25) is 19.6 Å². The van der Waals surface area contributed by atoms with Crippen LogP contribution in [0.4, 0.5) is 26.3 Å². The number of alkyl halides is 6. The van der Waals surface area contributed by atoms with Crippen molar-refractivity contribution in [3.05, 3.63) is 89.7 Å². The van der Waals surface area contributed by atoms with Gasteiger partial charge in [-0.2, -0.15) is 26.3 Å². The number of carbonyl (C=O) groups excluding carboxylic acids is 1. The Labute approximate surface area is 241 Å². The van der Waals surface area contributed by atoms with E-state index >= 15 is 0 Å². The van der Waals surface area contributed by atoms with Crippen LogP contribution in [0.5, 0.6) is 0 Å². The largest absolute Gasteiger partial charge is 0.466 e. The summed E-state index contributed by atoms with van der Waals surface area (Å²) in [5.74, 6) is -0.245. The second-order valence-corrected chi connectivity index (χ2v) is 10.6. The first kappa shape index (κ1) is 31.5. The number of hydrogen-bond acceptors (Lipinski definition) is 5. The maximum Gasteiger partial charge on any atom is 0.406 e. The standard InChI is InChI=1S/C31H33F6N3O2/c1-3-42-28(41)18-27-21-39(16-17-40(27)20-23-12-14-38-15-13-23)19-22-4-6-24(7-5-22)25-8-10-26(11-9-25)29(2,30(32,33)34)31(35,36)37/h4-15,27H,3,16-21H2,1-2H3/t27-/m0/s1. The molecule has 0 amide bonds. The lowest BCUT2D eigenvalue weighted by molar-refractivity contribution is -0.297. The Morgan fingerprint density at radius 3 is 1.93 bits per heavy atom. The van der Waals surface area contributed by atoms with Crippen LogP contribution in [-0.2, 0) is 28.0 Å². The molecule has 42 heavy (non-hydrogen) atoms. The van der Waals surface area contributed by atoms with E-state index < -0.39 is 23.3 Å². The average Bonchev–Trinajstić information content (AvgIpc) is 2.94. The van der Waals surface area contributed by atoms with Crippen LogP contribution in [0.2, 0.25) is 0 Å². The summed E-state index contributed by atoms with van der Waals surface area (Å²) in [6.07, 6.45) is -7.23. The van der Waals surface area contributed by atoms with Crippen molar-refractivity contribution in [2.75, 3.05) is 26.2 Å². The number of piperazine rings is 1. The highest BCUT2D eigenvalue weighted by Gasteiger charge is 2.68. The second-order valence-electron chi connectivity index (χ2n) is 10.6. The fraction of sp³-hybridized carbons (Fsp3) is 0.419. The lowest BCUT2D eigenvalue weighted by Gasteiger charge is -2.41. The predicted molar refractivity (Wildman–Crippen MR) is 146 cm³/mol. The maximum absolute atomic E-state index is 13.4. The van der Waals surface area contributed by atoms with E-state index in [-0.39, 0.29) is 25.4 Å². The van der Waals surface area contributed by atoms with E-state index in [1.54, 1.807) is 31.5 Å². The molecule has 0 spiro atoms. The van der Waals surface area contributed by atoms with Crippen molar-refractivity contribution in [3.63, 3.8) is 0 Å². The summed E-state index contributed by atoms with van der Waals surface area (Å²) in [5, 5.41) is 0. The van der Waals surface area contributed by atoms with Crippen molar-refractivity contribution in [3.8, 4) is 11.1 Å². The molecule has 0 aliphatic carbocycles. The number of pyridine rings is 1. The molecule has 1 fully saturated rings. The first-order valence-electron chi connectivity index (χ1n) is 13.7. The number of nitrogens with zero attached hydrogens (tertiary/aromatic N) is 3. The number of esters is 1. The van der Waals surface area contributed by atoms with Crippen LogP contribution in [0, 0.1) is 0 Å². The average molecular weight is 594 g/mol. The number of halogens is 6. The van der Waals surface area contributed by atoms with Gasteiger partial charge in [-0.1, -0.05) is 48.5 Å². The minimum absolute atomic E-state index is 0.0390. The summed E-state index contributed by atoms with van der Waals surface area (Å²) in [5.41, 5.74) is -1.53. The summed E-state index contributed by atoms with van der Waals surface area (Å²) in [4.78, 5) is 20.9. The van der Waals surface area contributed by atoms with Gasteiger partial charge in [-0.25, -0.2) is 0 Å². The molecule has 1 aliphatic rings. The van der Waals surface area contributed by atoms with Crippen molar-refractivity contribution in [2.24, 2.45) is 0 Å². The van der Waals surface area contributed by atoms with Crippen LogP contribution in [0.15, 0.2) is 73.1 Å². The van der Waals surface area contributed by atoms with Gasteiger partial charge in [0.15, 0.2) is 5.41 Å². The molecule has 5 nitrogen and oxygen atoms in total. The van der Waals surface area contributed by atoms with Crippen LogP contribution in [-0.4, -0.2) is 65.4 Å². The zero-order valence-corrected chi connectivity index (χ0v) is 23.4. The summed E-state index contributed by atoms with van der Waals surface area (Å²) in [6.45, 7) is 5.77. The molecule has 0 saturated carbocycles. The van der Waals surface area contributed by atoms with E-state index in [2.05, 4.69) is 14.8 Å².